The predicted molar refractivity (Wildman–Crippen MR) is 49.8 cm³/mol. The molecule has 0 spiro atoms. The van der Waals surface area contributed by atoms with Gasteiger partial charge in [0.25, 0.3) is 0 Å². The van der Waals surface area contributed by atoms with Gasteiger partial charge >= 0.3 is 32.9 Å². The van der Waals surface area contributed by atoms with Gasteiger partial charge in [0.2, 0.25) is 0 Å². The maximum atomic E-state index is 7.38. The third-order valence-electron chi connectivity index (χ3n) is 1.55. The van der Waals surface area contributed by atoms with E-state index in [1.807, 2.05) is 30.3 Å². The van der Waals surface area contributed by atoms with Gasteiger partial charge in [0, 0.05) is 5.56 Å². The molecule has 0 saturated carbocycles. The van der Waals surface area contributed by atoms with Gasteiger partial charge in [-0.1, -0.05) is 24.3 Å². The van der Waals surface area contributed by atoms with Gasteiger partial charge < -0.3 is 4.74 Å². The van der Waals surface area contributed by atoms with Gasteiger partial charge in [0.05, 0.1) is 0 Å². The Morgan fingerprint density at radius 3 is 2.27 bits per heavy atom. The van der Waals surface area contributed by atoms with E-state index in [9.17, 15) is 0 Å². The first-order chi connectivity index (χ1) is 6.97. The van der Waals surface area contributed by atoms with Crippen LogP contribution in [-0.4, -0.2) is 21.4 Å². The van der Waals surface area contributed by atoms with Gasteiger partial charge in [-0.05, 0) is 12.1 Å². The number of fused-ring (bicyclic) bond motifs is 1. The van der Waals surface area contributed by atoms with Crippen molar-refractivity contribution < 1.29 is 37.6 Å². The Morgan fingerprint density at radius 2 is 1.67 bits per heavy atom. The Hall–Kier alpha value is -0.686. The molecule has 5 nitrogen and oxygen atoms in total. The van der Waals surface area contributed by atoms with E-state index in [4.69, 9.17) is 19.5 Å². The summed E-state index contributed by atoms with van der Waals surface area (Å²) in [6, 6.07) is 8.03. The van der Waals surface area contributed by atoms with Gasteiger partial charge in [-0.2, -0.15) is 0 Å². The predicted octanol–water partition coefficient (Wildman–Crippen LogP) is -0.138. The van der Waals surface area contributed by atoms with Crippen LogP contribution in [0.15, 0.2) is 30.3 Å². The SMILES string of the molecule is C1=Cc2ccccc2OC1.[OH][Ti]([OH])([OH])[OH]. The molecular formula is C9H12O5Ti. The fourth-order valence-electron chi connectivity index (χ4n) is 1.06. The molecule has 6 heteroatoms. The zero-order valence-corrected chi connectivity index (χ0v) is 9.43. The van der Waals surface area contributed by atoms with Crippen LogP contribution in [-0.2, 0) is 18.1 Å². The minimum absolute atomic E-state index is 0.705. The van der Waals surface area contributed by atoms with E-state index in [0.717, 1.165) is 5.75 Å². The molecule has 1 aromatic carbocycles. The van der Waals surface area contributed by atoms with Gasteiger partial charge in [0.15, 0.2) is 0 Å². The average Bonchev–Trinajstić information content (AvgIpc) is 2.16. The van der Waals surface area contributed by atoms with Gasteiger partial charge in [0.1, 0.15) is 12.4 Å². The van der Waals surface area contributed by atoms with Crippen molar-refractivity contribution in [2.75, 3.05) is 6.61 Å². The van der Waals surface area contributed by atoms with E-state index in [0.29, 0.717) is 6.61 Å². The summed E-state index contributed by atoms with van der Waals surface area (Å²) in [6.07, 6.45) is 4.10. The molecule has 0 saturated heterocycles. The van der Waals surface area contributed by atoms with Crippen molar-refractivity contribution in [1.82, 2.24) is 0 Å². The Bertz CT molecular complexity index is 339. The third-order valence-corrected chi connectivity index (χ3v) is 1.55. The zero-order valence-electron chi connectivity index (χ0n) is 7.87. The van der Waals surface area contributed by atoms with Crippen LogP contribution in [0.1, 0.15) is 5.56 Å². The van der Waals surface area contributed by atoms with Gasteiger partial charge in [-0.25, -0.2) is 0 Å². The Kier molecular flexibility index (Phi) is 4.47. The van der Waals surface area contributed by atoms with Crippen molar-refractivity contribution in [2.24, 2.45) is 0 Å². The second-order valence-electron chi connectivity index (χ2n) is 2.85. The molecule has 0 radical (unpaired) electrons. The van der Waals surface area contributed by atoms with E-state index < -0.39 is 18.1 Å². The fourth-order valence-corrected chi connectivity index (χ4v) is 1.06. The van der Waals surface area contributed by atoms with E-state index in [1.165, 1.54) is 5.56 Å². The van der Waals surface area contributed by atoms with Crippen LogP contribution in [0, 0.1) is 0 Å². The van der Waals surface area contributed by atoms with E-state index >= 15 is 0 Å². The molecule has 82 valence electrons. The summed E-state index contributed by atoms with van der Waals surface area (Å²) in [6.45, 7) is 0.705. The number of rotatable bonds is 0. The molecule has 1 aliphatic heterocycles. The zero-order chi connectivity index (χ0) is 11.3. The topological polar surface area (TPSA) is 90.2 Å². The van der Waals surface area contributed by atoms with Crippen molar-refractivity contribution in [3.05, 3.63) is 35.9 Å². The van der Waals surface area contributed by atoms with Crippen molar-refractivity contribution in [3.8, 4) is 5.75 Å². The first kappa shape index (κ1) is 12.4. The van der Waals surface area contributed by atoms with Crippen molar-refractivity contribution in [1.29, 1.82) is 0 Å². The molecule has 0 atom stereocenters. The van der Waals surface area contributed by atoms with Crippen LogP contribution in [0.2, 0.25) is 0 Å². The van der Waals surface area contributed by atoms with Crippen LogP contribution < -0.4 is 4.74 Å². The summed E-state index contributed by atoms with van der Waals surface area (Å²) in [5.41, 5.74) is 1.17. The number of ether oxygens (including phenoxy) is 1. The summed E-state index contributed by atoms with van der Waals surface area (Å²) < 4.78 is 34.8. The molecule has 0 aliphatic carbocycles. The van der Waals surface area contributed by atoms with Crippen LogP contribution in [0.5, 0.6) is 5.75 Å². The summed E-state index contributed by atoms with van der Waals surface area (Å²) in [5, 5.41) is 0. The molecule has 15 heavy (non-hydrogen) atoms. The van der Waals surface area contributed by atoms with Gasteiger partial charge in [-0.15, -0.1) is 0 Å². The number of hydrogen-bond acceptors (Lipinski definition) is 5. The summed E-state index contributed by atoms with van der Waals surface area (Å²) in [5.74, 6) is 0.991. The summed E-state index contributed by atoms with van der Waals surface area (Å²) in [4.78, 5) is 0. The molecule has 1 heterocycles. The average molecular weight is 248 g/mol. The molecule has 0 unspecified atom stereocenters. The van der Waals surface area contributed by atoms with Crippen molar-refractivity contribution in [3.63, 3.8) is 0 Å². The van der Waals surface area contributed by atoms with Crippen molar-refractivity contribution >= 4 is 6.08 Å². The molecule has 0 bridgehead atoms. The van der Waals surface area contributed by atoms with Crippen LogP contribution in [0.3, 0.4) is 0 Å². The summed E-state index contributed by atoms with van der Waals surface area (Å²) in [7, 11) is 0. The van der Waals surface area contributed by atoms with E-state index in [1.54, 1.807) is 0 Å². The fraction of sp³-hybridized carbons (Fsp3) is 0.111. The standard InChI is InChI=1S/C9H8O.4H2O.Ti/c1-2-6-9-8(4-1)5-3-7-10-9;;;;;/h1-6H,7H2;4*1H2;/q;;;;;+4/p-4. The van der Waals surface area contributed by atoms with Gasteiger partial charge in [-0.3, -0.25) is 0 Å². The number of benzene rings is 1. The molecular weight excluding hydrogens is 236 g/mol. The minimum atomic E-state index is -5.00. The maximum absolute atomic E-state index is 7.38. The molecule has 0 aromatic heterocycles. The number of para-hydroxylation sites is 1. The van der Waals surface area contributed by atoms with Crippen LogP contribution in [0.25, 0.3) is 6.08 Å². The second kappa shape index (κ2) is 5.41. The van der Waals surface area contributed by atoms with E-state index in [2.05, 4.69) is 6.08 Å². The van der Waals surface area contributed by atoms with Crippen LogP contribution in [0.4, 0.5) is 0 Å². The number of hydrogen-bond donors (Lipinski definition) is 4. The molecule has 1 aromatic rings. The Balaban J connectivity index is 0.000000195. The first-order valence-corrected chi connectivity index (χ1v) is 7.04. The van der Waals surface area contributed by atoms with E-state index in [-0.39, 0.29) is 0 Å². The van der Waals surface area contributed by atoms with Crippen molar-refractivity contribution in [2.45, 2.75) is 0 Å². The normalized spacial score (nSPS) is 13.3. The molecule has 2 rings (SSSR count). The van der Waals surface area contributed by atoms with Crippen LogP contribution >= 0.6 is 0 Å². The quantitative estimate of drug-likeness (QED) is 0.480. The molecule has 0 amide bonds. The molecule has 1 aliphatic rings. The second-order valence-corrected chi connectivity index (χ2v) is 4.73. The monoisotopic (exact) mass is 248 g/mol. The third kappa shape index (κ3) is 5.69. The molecule has 0 fully saturated rings. The Morgan fingerprint density at radius 1 is 1.07 bits per heavy atom. The summed E-state index contributed by atoms with van der Waals surface area (Å²) >= 11 is -5.00. The molecule has 4 N–H and O–H groups in total. The first-order valence-electron chi connectivity index (χ1n) is 4.24. The Labute approximate surface area is 92.1 Å².